The van der Waals surface area contributed by atoms with Crippen LogP contribution in [0, 0.1) is 17.2 Å². The lowest BCUT2D eigenvalue weighted by Crippen LogP contribution is -2.55. The number of nitriles is 1. The van der Waals surface area contributed by atoms with Crippen molar-refractivity contribution in [2.45, 2.75) is 12.6 Å². The van der Waals surface area contributed by atoms with E-state index >= 15 is 0 Å². The van der Waals surface area contributed by atoms with Crippen LogP contribution in [0.2, 0.25) is 0 Å². The Labute approximate surface area is 179 Å². The van der Waals surface area contributed by atoms with Crippen LogP contribution >= 0.6 is 11.3 Å². The smallest absolute Gasteiger partial charge is 0.410 e. The number of thiophene rings is 1. The van der Waals surface area contributed by atoms with Crippen LogP contribution in [0.4, 0.5) is 10.5 Å². The largest absolute Gasteiger partial charge is 0.445 e. The SMILES string of the molecule is N#Cc1cc(N2C[C@H]3CN(C(=O)OCc4ccccc4)C[C@H]32)cnc1-c1cccs1. The number of rotatable bonds is 4. The molecule has 6 nitrogen and oxygen atoms in total. The molecule has 3 aromatic rings. The Morgan fingerprint density at radius 1 is 1.20 bits per heavy atom. The lowest BCUT2D eigenvalue weighted by molar-refractivity contribution is 0.103. The molecule has 7 heteroatoms. The third-order valence-corrected chi connectivity index (χ3v) is 6.66. The van der Waals surface area contributed by atoms with Crippen molar-refractivity contribution in [2.24, 2.45) is 5.92 Å². The first-order valence-corrected chi connectivity index (χ1v) is 10.8. The zero-order valence-corrected chi connectivity index (χ0v) is 17.1. The third-order valence-electron chi connectivity index (χ3n) is 5.78. The minimum absolute atomic E-state index is 0.246. The maximum absolute atomic E-state index is 12.5. The molecule has 2 fully saturated rings. The van der Waals surface area contributed by atoms with Crippen molar-refractivity contribution in [3.05, 3.63) is 71.2 Å². The van der Waals surface area contributed by atoms with Gasteiger partial charge in [-0.3, -0.25) is 4.98 Å². The van der Waals surface area contributed by atoms with Gasteiger partial charge in [0.25, 0.3) is 0 Å². The molecule has 2 aliphatic rings. The number of anilines is 1. The minimum Gasteiger partial charge on any atom is -0.445 e. The second kappa shape index (κ2) is 7.81. The van der Waals surface area contributed by atoms with Gasteiger partial charge < -0.3 is 14.5 Å². The summed E-state index contributed by atoms with van der Waals surface area (Å²) in [6.07, 6.45) is 1.57. The maximum atomic E-state index is 12.5. The maximum Gasteiger partial charge on any atom is 0.410 e. The van der Waals surface area contributed by atoms with E-state index in [1.165, 1.54) is 0 Å². The van der Waals surface area contributed by atoms with Gasteiger partial charge in [-0.05, 0) is 23.1 Å². The van der Waals surface area contributed by atoms with Gasteiger partial charge in [0.1, 0.15) is 12.7 Å². The number of nitrogens with zero attached hydrogens (tertiary/aromatic N) is 4. The molecule has 2 aliphatic heterocycles. The van der Waals surface area contributed by atoms with Crippen LogP contribution in [0.5, 0.6) is 0 Å². The predicted molar refractivity (Wildman–Crippen MR) is 115 cm³/mol. The predicted octanol–water partition coefficient (Wildman–Crippen LogP) is 4.14. The first-order chi connectivity index (χ1) is 14.7. The molecule has 1 amide bonds. The van der Waals surface area contributed by atoms with Gasteiger partial charge in [-0.1, -0.05) is 36.4 Å². The van der Waals surface area contributed by atoms with Gasteiger partial charge in [-0.25, -0.2) is 4.79 Å². The van der Waals surface area contributed by atoms with Crippen LogP contribution in [0.3, 0.4) is 0 Å². The third kappa shape index (κ3) is 3.40. The van der Waals surface area contributed by atoms with Crippen LogP contribution in [0.15, 0.2) is 60.1 Å². The van der Waals surface area contributed by atoms with Crippen molar-refractivity contribution in [1.29, 1.82) is 5.26 Å². The Balaban J connectivity index is 1.24. The molecule has 30 heavy (non-hydrogen) atoms. The van der Waals surface area contributed by atoms with Crippen LogP contribution in [-0.2, 0) is 11.3 Å². The summed E-state index contributed by atoms with van der Waals surface area (Å²) in [5, 5.41) is 11.6. The second-order valence-corrected chi connectivity index (χ2v) is 8.55. The Morgan fingerprint density at radius 2 is 2.07 bits per heavy atom. The number of benzene rings is 1. The molecule has 2 saturated heterocycles. The molecule has 0 spiro atoms. The Bertz CT molecular complexity index is 1090. The fourth-order valence-electron chi connectivity index (χ4n) is 4.20. The topological polar surface area (TPSA) is 69.5 Å². The lowest BCUT2D eigenvalue weighted by Gasteiger charge is -2.45. The summed E-state index contributed by atoms with van der Waals surface area (Å²) in [6.45, 7) is 2.49. The molecular formula is C23H20N4O2S. The Morgan fingerprint density at radius 3 is 2.83 bits per heavy atom. The summed E-state index contributed by atoms with van der Waals surface area (Å²) >= 11 is 1.58. The first kappa shape index (κ1) is 18.6. The number of pyridine rings is 1. The first-order valence-electron chi connectivity index (χ1n) is 9.89. The molecule has 0 unspecified atom stereocenters. The highest BCUT2D eigenvalue weighted by atomic mass is 32.1. The molecule has 4 heterocycles. The summed E-state index contributed by atoms with van der Waals surface area (Å²) in [6, 6.07) is 18.1. The number of aromatic nitrogens is 1. The van der Waals surface area contributed by atoms with E-state index in [1.54, 1.807) is 16.2 Å². The average Bonchev–Trinajstić information content (AvgIpc) is 3.42. The fraction of sp³-hybridized carbons (Fsp3) is 0.261. The molecule has 150 valence electrons. The molecule has 0 radical (unpaired) electrons. The van der Waals surface area contributed by atoms with E-state index in [-0.39, 0.29) is 18.7 Å². The second-order valence-electron chi connectivity index (χ2n) is 7.60. The van der Waals surface area contributed by atoms with E-state index in [1.807, 2.05) is 60.1 Å². The van der Waals surface area contributed by atoms with Crippen molar-refractivity contribution >= 4 is 23.1 Å². The molecule has 0 aliphatic carbocycles. The zero-order valence-electron chi connectivity index (χ0n) is 16.3. The van der Waals surface area contributed by atoms with Gasteiger partial charge in [0.2, 0.25) is 0 Å². The van der Waals surface area contributed by atoms with Crippen LogP contribution in [0.25, 0.3) is 10.6 Å². The Hall–Kier alpha value is -3.37. The van der Waals surface area contributed by atoms with Crippen molar-refractivity contribution in [1.82, 2.24) is 9.88 Å². The summed E-state index contributed by atoms with van der Waals surface area (Å²) in [5.41, 5.74) is 3.23. The fourth-order valence-corrected chi connectivity index (χ4v) is 4.93. The van der Waals surface area contributed by atoms with Crippen molar-refractivity contribution in [3.63, 3.8) is 0 Å². The summed E-state index contributed by atoms with van der Waals surface area (Å²) in [4.78, 5) is 22.1. The van der Waals surface area contributed by atoms with E-state index in [4.69, 9.17) is 4.74 Å². The highest BCUT2D eigenvalue weighted by molar-refractivity contribution is 7.13. The van der Waals surface area contributed by atoms with E-state index < -0.39 is 0 Å². The van der Waals surface area contributed by atoms with Gasteiger partial charge >= 0.3 is 6.09 Å². The van der Waals surface area contributed by atoms with Crippen LogP contribution in [0.1, 0.15) is 11.1 Å². The molecule has 5 rings (SSSR count). The lowest BCUT2D eigenvalue weighted by atomic mass is 9.91. The van der Waals surface area contributed by atoms with Crippen molar-refractivity contribution in [2.75, 3.05) is 24.5 Å². The molecule has 0 saturated carbocycles. The van der Waals surface area contributed by atoms with Gasteiger partial charge in [0.05, 0.1) is 34.1 Å². The number of hydrogen-bond donors (Lipinski definition) is 0. The quantitative estimate of drug-likeness (QED) is 0.639. The number of carbonyl (C=O) groups excluding carboxylic acids is 1. The number of carbonyl (C=O) groups is 1. The molecular weight excluding hydrogens is 396 g/mol. The van der Waals surface area contributed by atoms with Crippen LogP contribution in [-0.4, -0.2) is 41.7 Å². The summed E-state index contributed by atoms with van der Waals surface area (Å²) < 4.78 is 5.49. The van der Waals surface area contributed by atoms with Crippen molar-refractivity contribution < 1.29 is 9.53 Å². The summed E-state index contributed by atoms with van der Waals surface area (Å²) in [5.74, 6) is 0.428. The molecule has 1 aromatic carbocycles. The monoisotopic (exact) mass is 416 g/mol. The van der Waals surface area contributed by atoms with Crippen LogP contribution < -0.4 is 4.90 Å². The zero-order chi connectivity index (χ0) is 20.5. The number of likely N-dealkylation sites (tertiary alicyclic amines) is 1. The Kier molecular flexibility index (Phi) is 4.85. The van der Waals surface area contributed by atoms with E-state index in [9.17, 15) is 10.1 Å². The van der Waals surface area contributed by atoms with Gasteiger partial charge in [-0.2, -0.15) is 5.26 Å². The van der Waals surface area contributed by atoms with Crippen molar-refractivity contribution in [3.8, 4) is 16.6 Å². The number of fused-ring (bicyclic) bond motifs is 1. The number of amides is 1. The van der Waals surface area contributed by atoms with Gasteiger partial charge in [-0.15, -0.1) is 11.3 Å². The molecule has 2 aromatic heterocycles. The normalized spacial score (nSPS) is 19.7. The number of hydrogen-bond acceptors (Lipinski definition) is 6. The van der Waals surface area contributed by atoms with Gasteiger partial charge in [0, 0.05) is 25.6 Å². The molecule has 2 atom stereocenters. The molecule has 0 N–H and O–H groups in total. The highest BCUT2D eigenvalue weighted by Crippen LogP contribution is 2.38. The number of ether oxygens (including phenoxy) is 1. The van der Waals surface area contributed by atoms with Gasteiger partial charge in [0.15, 0.2) is 0 Å². The minimum atomic E-state index is -0.267. The van der Waals surface area contributed by atoms with E-state index in [0.717, 1.165) is 28.4 Å². The standard InChI is InChI=1S/C23H20N4O2S/c24-10-17-9-19(11-25-22(17)21-7-4-8-30-21)27-13-18-12-26(14-20(18)27)23(28)29-15-16-5-2-1-3-6-16/h1-9,11,18,20H,12-15H2/t18-,20-/m1/s1. The molecule has 0 bridgehead atoms. The van der Waals surface area contributed by atoms with E-state index in [2.05, 4.69) is 16.0 Å². The average molecular weight is 417 g/mol. The highest BCUT2D eigenvalue weighted by Gasteiger charge is 2.47. The van der Waals surface area contributed by atoms with E-state index in [0.29, 0.717) is 24.6 Å². The summed E-state index contributed by atoms with van der Waals surface area (Å²) in [7, 11) is 0.